The first-order valence-electron chi connectivity index (χ1n) is 10.2. The first kappa shape index (κ1) is 21.9. The minimum absolute atomic E-state index is 0.0721. The number of thiazole rings is 1. The van der Waals surface area contributed by atoms with E-state index >= 15 is 0 Å². The van der Waals surface area contributed by atoms with Crippen LogP contribution < -0.4 is 5.32 Å². The van der Waals surface area contributed by atoms with Crippen molar-refractivity contribution < 1.29 is 13.2 Å². The molecule has 1 amide bonds. The Hall–Kier alpha value is -1.77. The van der Waals surface area contributed by atoms with Crippen molar-refractivity contribution in [1.82, 2.24) is 9.29 Å². The Labute approximate surface area is 177 Å². The van der Waals surface area contributed by atoms with Gasteiger partial charge in [-0.2, -0.15) is 0 Å². The summed E-state index contributed by atoms with van der Waals surface area (Å²) in [6, 6.07) is 8.44. The van der Waals surface area contributed by atoms with Gasteiger partial charge in [-0.05, 0) is 38.7 Å². The fourth-order valence-corrected chi connectivity index (χ4v) is 5.59. The lowest BCUT2D eigenvalue weighted by molar-refractivity contribution is -0.120. The largest absolute Gasteiger partial charge is 0.302 e. The topological polar surface area (TPSA) is 79.4 Å². The summed E-state index contributed by atoms with van der Waals surface area (Å²) < 4.78 is 25.4. The zero-order chi connectivity index (χ0) is 21.0. The molecule has 1 aliphatic heterocycles. The van der Waals surface area contributed by atoms with Crippen LogP contribution in [0.2, 0.25) is 0 Å². The van der Waals surface area contributed by atoms with E-state index in [1.807, 2.05) is 6.92 Å². The first-order valence-corrected chi connectivity index (χ1v) is 12.6. The third kappa shape index (κ3) is 5.24. The number of carbonyl (C=O) groups is 1. The summed E-state index contributed by atoms with van der Waals surface area (Å²) in [7, 11) is -3.18. The van der Waals surface area contributed by atoms with E-state index in [0.717, 1.165) is 29.0 Å². The minimum atomic E-state index is -3.18. The molecule has 1 aromatic heterocycles. The van der Waals surface area contributed by atoms with Gasteiger partial charge in [0.15, 0.2) is 5.13 Å². The highest BCUT2D eigenvalue weighted by atomic mass is 32.2. The van der Waals surface area contributed by atoms with Gasteiger partial charge in [0.1, 0.15) is 0 Å². The third-order valence-electron chi connectivity index (χ3n) is 5.38. The Morgan fingerprint density at radius 2 is 1.86 bits per heavy atom. The molecule has 0 unspecified atom stereocenters. The lowest BCUT2D eigenvalue weighted by Gasteiger charge is -2.30. The summed E-state index contributed by atoms with van der Waals surface area (Å²) in [5.41, 5.74) is 3.27. The molecular weight excluding hydrogens is 406 g/mol. The second-order valence-corrected chi connectivity index (χ2v) is 10.9. The number of aromatic nitrogens is 1. The maximum absolute atomic E-state index is 12.7. The maximum Gasteiger partial charge on any atom is 0.229 e. The Balaban J connectivity index is 1.63. The average Bonchev–Trinajstić information content (AvgIpc) is 3.09. The molecule has 3 rings (SSSR count). The highest BCUT2D eigenvalue weighted by Crippen LogP contribution is 2.31. The van der Waals surface area contributed by atoms with Crippen molar-refractivity contribution in [2.45, 2.75) is 46.5 Å². The van der Waals surface area contributed by atoms with Gasteiger partial charge in [-0.1, -0.05) is 37.6 Å². The van der Waals surface area contributed by atoms with E-state index < -0.39 is 10.0 Å². The van der Waals surface area contributed by atoms with Crippen LogP contribution >= 0.6 is 11.3 Å². The van der Waals surface area contributed by atoms with Crippen LogP contribution in [0.5, 0.6) is 0 Å². The Kier molecular flexibility index (Phi) is 7.08. The number of amides is 1. The van der Waals surface area contributed by atoms with Crippen LogP contribution in [-0.4, -0.2) is 42.5 Å². The lowest BCUT2D eigenvalue weighted by atomic mass is 9.97. The van der Waals surface area contributed by atoms with Gasteiger partial charge in [0.2, 0.25) is 15.9 Å². The normalized spacial score (nSPS) is 16.1. The van der Waals surface area contributed by atoms with E-state index in [-0.39, 0.29) is 17.6 Å². The molecule has 1 aliphatic rings. The molecule has 0 atom stereocenters. The highest BCUT2D eigenvalue weighted by Gasteiger charge is 2.30. The molecule has 1 saturated heterocycles. The molecule has 29 heavy (non-hydrogen) atoms. The van der Waals surface area contributed by atoms with Crippen molar-refractivity contribution in [1.29, 1.82) is 0 Å². The number of piperidine rings is 1. The molecule has 2 aromatic rings. The van der Waals surface area contributed by atoms with E-state index in [2.05, 4.69) is 41.5 Å². The second kappa shape index (κ2) is 9.36. The molecule has 1 aromatic carbocycles. The van der Waals surface area contributed by atoms with Crippen molar-refractivity contribution in [2.75, 3.05) is 24.2 Å². The van der Waals surface area contributed by atoms with Crippen LogP contribution in [-0.2, 0) is 21.2 Å². The van der Waals surface area contributed by atoms with Gasteiger partial charge in [0, 0.05) is 29.4 Å². The van der Waals surface area contributed by atoms with Gasteiger partial charge in [-0.15, -0.1) is 11.3 Å². The molecule has 0 aliphatic carbocycles. The number of benzene rings is 1. The number of aryl methyl sites for hydroxylation is 2. The van der Waals surface area contributed by atoms with Gasteiger partial charge in [-0.3, -0.25) is 4.79 Å². The van der Waals surface area contributed by atoms with Crippen LogP contribution in [0.3, 0.4) is 0 Å². The van der Waals surface area contributed by atoms with E-state index in [1.165, 1.54) is 21.2 Å². The van der Waals surface area contributed by atoms with E-state index in [9.17, 15) is 13.2 Å². The van der Waals surface area contributed by atoms with Crippen LogP contribution in [0, 0.1) is 12.8 Å². The molecule has 0 saturated carbocycles. The van der Waals surface area contributed by atoms with Gasteiger partial charge >= 0.3 is 0 Å². The quantitative estimate of drug-likeness (QED) is 0.711. The summed E-state index contributed by atoms with van der Waals surface area (Å²) in [4.78, 5) is 18.4. The van der Waals surface area contributed by atoms with Gasteiger partial charge in [0.25, 0.3) is 0 Å². The molecular formula is C21H29N3O3S2. The van der Waals surface area contributed by atoms with Crippen LogP contribution in [0.15, 0.2) is 24.3 Å². The second-order valence-electron chi connectivity index (χ2n) is 7.43. The SMILES string of the molecule is CCCc1ccc(-c2nc(NC(=O)C3CCN(S(=O)(=O)CC)CC3)sc2C)cc1. The first-order chi connectivity index (χ1) is 13.8. The van der Waals surface area contributed by atoms with Crippen LogP contribution in [0.25, 0.3) is 11.3 Å². The van der Waals surface area contributed by atoms with Crippen molar-refractivity contribution in [3.05, 3.63) is 34.7 Å². The predicted molar refractivity (Wildman–Crippen MR) is 119 cm³/mol. The van der Waals surface area contributed by atoms with E-state index in [1.54, 1.807) is 6.92 Å². The molecule has 0 spiro atoms. The smallest absolute Gasteiger partial charge is 0.229 e. The van der Waals surface area contributed by atoms with Crippen LogP contribution in [0.4, 0.5) is 5.13 Å². The monoisotopic (exact) mass is 435 g/mol. The van der Waals surface area contributed by atoms with Gasteiger partial charge in [0.05, 0.1) is 11.4 Å². The van der Waals surface area contributed by atoms with Crippen molar-refractivity contribution in [3.63, 3.8) is 0 Å². The molecule has 158 valence electrons. The van der Waals surface area contributed by atoms with Crippen molar-refractivity contribution in [3.8, 4) is 11.3 Å². The summed E-state index contributed by atoms with van der Waals surface area (Å²) in [6.07, 6.45) is 3.27. The number of rotatable bonds is 7. The molecule has 2 heterocycles. The summed E-state index contributed by atoms with van der Waals surface area (Å²) in [5.74, 6) is -0.152. The van der Waals surface area contributed by atoms with Crippen LogP contribution in [0.1, 0.15) is 43.6 Å². The number of sulfonamides is 1. The van der Waals surface area contributed by atoms with E-state index in [0.29, 0.717) is 31.1 Å². The Morgan fingerprint density at radius 1 is 1.21 bits per heavy atom. The van der Waals surface area contributed by atoms with Crippen molar-refractivity contribution in [2.24, 2.45) is 5.92 Å². The highest BCUT2D eigenvalue weighted by molar-refractivity contribution is 7.89. The van der Waals surface area contributed by atoms with Crippen molar-refractivity contribution >= 4 is 32.4 Å². The number of anilines is 1. The number of nitrogens with one attached hydrogen (secondary N) is 1. The number of hydrogen-bond acceptors (Lipinski definition) is 5. The number of carbonyl (C=O) groups excluding carboxylic acids is 1. The zero-order valence-corrected chi connectivity index (χ0v) is 18.9. The number of hydrogen-bond donors (Lipinski definition) is 1. The Bertz CT molecular complexity index is 944. The molecule has 0 radical (unpaired) electrons. The summed E-state index contributed by atoms with van der Waals surface area (Å²) in [5, 5.41) is 3.54. The standard InChI is InChI=1S/C21H29N3O3S2/c1-4-6-16-7-9-17(10-8-16)19-15(3)28-21(22-19)23-20(25)18-11-13-24(14-12-18)29(26,27)5-2/h7-10,18H,4-6,11-14H2,1-3H3,(H,22,23,25). The lowest BCUT2D eigenvalue weighted by Crippen LogP contribution is -2.42. The molecule has 8 heteroatoms. The third-order valence-corrected chi connectivity index (χ3v) is 8.14. The fraction of sp³-hybridized carbons (Fsp3) is 0.524. The van der Waals surface area contributed by atoms with E-state index in [4.69, 9.17) is 0 Å². The molecule has 6 nitrogen and oxygen atoms in total. The van der Waals surface area contributed by atoms with Gasteiger partial charge < -0.3 is 5.32 Å². The number of nitrogens with zero attached hydrogens (tertiary/aromatic N) is 2. The maximum atomic E-state index is 12.7. The molecule has 0 bridgehead atoms. The minimum Gasteiger partial charge on any atom is -0.302 e. The van der Waals surface area contributed by atoms with Gasteiger partial charge in [-0.25, -0.2) is 17.7 Å². The molecule has 1 fully saturated rings. The zero-order valence-electron chi connectivity index (χ0n) is 17.3. The average molecular weight is 436 g/mol. The fourth-order valence-electron chi connectivity index (χ4n) is 3.62. The Morgan fingerprint density at radius 3 is 2.45 bits per heavy atom. The summed E-state index contributed by atoms with van der Waals surface area (Å²) in [6.45, 7) is 6.63. The predicted octanol–water partition coefficient (Wildman–Crippen LogP) is 4.07. The molecule has 1 N–H and O–H groups in total. The summed E-state index contributed by atoms with van der Waals surface area (Å²) >= 11 is 1.48.